The largest absolute Gasteiger partial charge is 0.493 e. The van der Waals surface area contributed by atoms with Crippen molar-refractivity contribution < 1.29 is 14.2 Å². The first kappa shape index (κ1) is 18.5. The van der Waals surface area contributed by atoms with Crippen molar-refractivity contribution >= 4 is 0 Å². The molecule has 3 rings (SSSR count). The molecule has 1 aliphatic heterocycles. The lowest BCUT2D eigenvalue weighted by Gasteiger charge is -2.38. The van der Waals surface area contributed by atoms with Gasteiger partial charge in [-0.05, 0) is 55.8 Å². The van der Waals surface area contributed by atoms with Crippen LogP contribution in [0.4, 0.5) is 0 Å². The molecule has 1 aliphatic carbocycles. The molecule has 2 aliphatic rings. The summed E-state index contributed by atoms with van der Waals surface area (Å²) in [4.78, 5) is 2.69. The summed E-state index contributed by atoms with van der Waals surface area (Å²) < 4.78 is 17.1. The first-order valence-corrected chi connectivity index (χ1v) is 9.78. The van der Waals surface area contributed by atoms with Gasteiger partial charge in [-0.3, -0.25) is 4.90 Å². The summed E-state index contributed by atoms with van der Waals surface area (Å²) in [6.07, 6.45) is 7.83. The first-order chi connectivity index (χ1) is 12.2. The molecular weight excluding hydrogens is 314 g/mol. The molecule has 3 atom stereocenters. The van der Waals surface area contributed by atoms with Crippen LogP contribution in [0.3, 0.4) is 0 Å². The van der Waals surface area contributed by atoms with E-state index in [2.05, 4.69) is 24.0 Å². The zero-order valence-electron chi connectivity index (χ0n) is 16.0. The van der Waals surface area contributed by atoms with Crippen LogP contribution in [0, 0.1) is 5.92 Å². The van der Waals surface area contributed by atoms with Crippen LogP contribution in [0.1, 0.15) is 44.6 Å². The van der Waals surface area contributed by atoms with Gasteiger partial charge in [0.15, 0.2) is 11.5 Å². The number of methoxy groups -OCH3 is 2. The first-order valence-electron chi connectivity index (χ1n) is 9.78. The van der Waals surface area contributed by atoms with Crippen LogP contribution in [-0.2, 0) is 11.2 Å². The molecule has 1 aromatic rings. The molecule has 2 fully saturated rings. The third-order valence-corrected chi connectivity index (χ3v) is 5.76. The Morgan fingerprint density at radius 1 is 1.04 bits per heavy atom. The van der Waals surface area contributed by atoms with Crippen molar-refractivity contribution in [2.75, 3.05) is 33.9 Å². The highest BCUT2D eigenvalue weighted by Crippen LogP contribution is 2.30. The predicted molar refractivity (Wildman–Crippen MR) is 101 cm³/mol. The van der Waals surface area contributed by atoms with Crippen molar-refractivity contribution in [3.8, 4) is 11.5 Å². The van der Waals surface area contributed by atoms with Crippen molar-refractivity contribution in [2.24, 2.45) is 5.92 Å². The Labute approximate surface area is 152 Å². The van der Waals surface area contributed by atoms with E-state index in [4.69, 9.17) is 14.2 Å². The van der Waals surface area contributed by atoms with E-state index in [1.165, 1.54) is 50.8 Å². The lowest BCUT2D eigenvalue weighted by atomic mass is 9.91. The zero-order valence-corrected chi connectivity index (χ0v) is 16.0. The summed E-state index contributed by atoms with van der Waals surface area (Å²) in [6, 6.07) is 6.76. The van der Waals surface area contributed by atoms with Gasteiger partial charge in [0.2, 0.25) is 0 Å². The molecule has 1 saturated heterocycles. The molecule has 0 spiro atoms. The second-order valence-electron chi connectivity index (χ2n) is 7.59. The lowest BCUT2D eigenvalue weighted by Crippen LogP contribution is -2.45. The number of benzene rings is 1. The predicted octanol–water partition coefficient (Wildman–Crippen LogP) is 3.92. The Kier molecular flexibility index (Phi) is 6.60. The number of ether oxygens (including phenoxy) is 3. The molecule has 140 valence electrons. The van der Waals surface area contributed by atoms with Crippen molar-refractivity contribution in [3.63, 3.8) is 0 Å². The third-order valence-electron chi connectivity index (χ3n) is 5.76. The topological polar surface area (TPSA) is 30.9 Å². The van der Waals surface area contributed by atoms with Crippen molar-refractivity contribution in [1.29, 1.82) is 0 Å². The Bertz CT molecular complexity index is 548. The molecule has 0 aromatic heterocycles. The summed E-state index contributed by atoms with van der Waals surface area (Å²) in [5.41, 5.74) is 1.24. The van der Waals surface area contributed by atoms with Crippen molar-refractivity contribution in [2.45, 2.75) is 57.6 Å². The summed E-state index contributed by atoms with van der Waals surface area (Å²) in [5.74, 6) is 2.42. The smallest absolute Gasteiger partial charge is 0.160 e. The van der Waals surface area contributed by atoms with E-state index in [-0.39, 0.29) is 0 Å². The van der Waals surface area contributed by atoms with Gasteiger partial charge >= 0.3 is 0 Å². The van der Waals surface area contributed by atoms with Gasteiger partial charge in [-0.1, -0.05) is 25.8 Å². The highest BCUT2D eigenvalue weighted by Gasteiger charge is 2.33. The van der Waals surface area contributed by atoms with Gasteiger partial charge in [0, 0.05) is 12.6 Å². The summed E-state index contributed by atoms with van der Waals surface area (Å²) in [7, 11) is 3.35. The van der Waals surface area contributed by atoms with Gasteiger partial charge in [-0.2, -0.15) is 0 Å². The van der Waals surface area contributed by atoms with E-state index >= 15 is 0 Å². The molecule has 4 nitrogen and oxygen atoms in total. The van der Waals surface area contributed by atoms with Crippen LogP contribution in [-0.4, -0.2) is 51.0 Å². The number of hydrogen-bond donors (Lipinski definition) is 0. The molecule has 1 unspecified atom stereocenters. The SMILES string of the molecule is COc1ccc(CCO[C@@H]2CCCCC2N2CC[C@H](C)C2)cc1OC. The number of nitrogens with zero attached hydrogens (tertiary/aromatic N) is 1. The second-order valence-corrected chi connectivity index (χ2v) is 7.59. The van der Waals surface area contributed by atoms with Crippen LogP contribution in [0.5, 0.6) is 11.5 Å². The van der Waals surface area contributed by atoms with Crippen LogP contribution in [0.25, 0.3) is 0 Å². The zero-order chi connectivity index (χ0) is 17.6. The molecule has 1 heterocycles. The minimum Gasteiger partial charge on any atom is -0.493 e. The van der Waals surface area contributed by atoms with Gasteiger partial charge in [0.05, 0.1) is 26.9 Å². The Morgan fingerprint density at radius 2 is 1.84 bits per heavy atom. The normalized spacial score (nSPS) is 27.4. The fraction of sp³-hybridized carbons (Fsp3) is 0.714. The maximum Gasteiger partial charge on any atom is 0.160 e. The van der Waals surface area contributed by atoms with E-state index in [1.54, 1.807) is 14.2 Å². The second kappa shape index (κ2) is 8.91. The summed E-state index contributed by atoms with van der Waals surface area (Å²) >= 11 is 0. The van der Waals surface area contributed by atoms with Gasteiger partial charge < -0.3 is 14.2 Å². The molecule has 1 saturated carbocycles. The number of hydrogen-bond acceptors (Lipinski definition) is 4. The van der Waals surface area contributed by atoms with E-state index in [1.807, 2.05) is 6.07 Å². The average molecular weight is 347 g/mol. The molecule has 0 bridgehead atoms. The minimum atomic E-state index is 0.402. The molecule has 1 aromatic carbocycles. The standard InChI is InChI=1S/C21H33NO3/c1-16-10-12-22(15-16)18-6-4-5-7-19(18)25-13-11-17-8-9-20(23-2)21(14-17)24-3/h8-9,14,16,18-19H,4-7,10-13,15H2,1-3H3/t16-,18?,19+/m0/s1. The fourth-order valence-electron chi connectivity index (χ4n) is 4.32. The number of likely N-dealkylation sites (tertiary alicyclic amines) is 1. The highest BCUT2D eigenvalue weighted by atomic mass is 16.5. The third kappa shape index (κ3) is 4.68. The van der Waals surface area contributed by atoms with Gasteiger partial charge in [0.1, 0.15) is 0 Å². The van der Waals surface area contributed by atoms with E-state index in [9.17, 15) is 0 Å². The van der Waals surface area contributed by atoms with Gasteiger partial charge in [-0.15, -0.1) is 0 Å². The maximum absolute atomic E-state index is 6.36. The van der Waals surface area contributed by atoms with Gasteiger partial charge in [0.25, 0.3) is 0 Å². The fourth-order valence-corrected chi connectivity index (χ4v) is 4.32. The van der Waals surface area contributed by atoms with Crippen molar-refractivity contribution in [3.05, 3.63) is 23.8 Å². The monoisotopic (exact) mass is 347 g/mol. The molecule has 25 heavy (non-hydrogen) atoms. The van der Waals surface area contributed by atoms with Crippen molar-refractivity contribution in [1.82, 2.24) is 4.90 Å². The van der Waals surface area contributed by atoms with Crippen LogP contribution in [0.15, 0.2) is 18.2 Å². The van der Waals surface area contributed by atoms with E-state index < -0.39 is 0 Å². The number of rotatable bonds is 7. The molecule has 0 N–H and O–H groups in total. The molecular formula is C21H33NO3. The molecule has 4 heteroatoms. The summed E-state index contributed by atoms with van der Waals surface area (Å²) in [6.45, 7) is 5.65. The Morgan fingerprint density at radius 3 is 2.56 bits per heavy atom. The lowest BCUT2D eigenvalue weighted by molar-refractivity contribution is -0.0298. The van der Waals surface area contributed by atoms with Crippen LogP contribution in [0.2, 0.25) is 0 Å². The maximum atomic E-state index is 6.36. The van der Waals surface area contributed by atoms with E-state index in [0.717, 1.165) is 30.4 Å². The molecule has 0 amide bonds. The summed E-state index contributed by atoms with van der Waals surface area (Å²) in [5, 5.41) is 0. The van der Waals surface area contributed by atoms with Gasteiger partial charge in [-0.25, -0.2) is 0 Å². The highest BCUT2D eigenvalue weighted by molar-refractivity contribution is 5.42. The Balaban J connectivity index is 1.53. The average Bonchev–Trinajstić information content (AvgIpc) is 3.08. The van der Waals surface area contributed by atoms with E-state index in [0.29, 0.717) is 12.1 Å². The quantitative estimate of drug-likeness (QED) is 0.748. The Hall–Kier alpha value is -1.26. The minimum absolute atomic E-state index is 0.402. The van der Waals surface area contributed by atoms with Crippen LogP contribution < -0.4 is 9.47 Å². The van der Waals surface area contributed by atoms with Crippen LogP contribution >= 0.6 is 0 Å². The molecule has 0 radical (unpaired) electrons.